The lowest BCUT2D eigenvalue weighted by Gasteiger charge is -1.99. The second kappa shape index (κ2) is 5.87. The van der Waals surface area contributed by atoms with Crippen LogP contribution in [0.1, 0.15) is 16.1 Å². The average Bonchev–Trinajstić information content (AvgIpc) is 3.17. The molecule has 9 heteroatoms. The molecule has 0 bridgehead atoms. The third-order valence-electron chi connectivity index (χ3n) is 2.83. The van der Waals surface area contributed by atoms with Crippen molar-refractivity contribution in [1.82, 2.24) is 25.9 Å². The number of hydrazone groups is 1. The van der Waals surface area contributed by atoms with Gasteiger partial charge in [0.25, 0.3) is 5.91 Å². The number of H-pyrrole nitrogens is 1. The second-order valence-corrected chi connectivity index (χ2v) is 4.26. The molecule has 1 amide bonds. The van der Waals surface area contributed by atoms with Crippen molar-refractivity contribution in [3.63, 3.8) is 0 Å². The van der Waals surface area contributed by atoms with Crippen molar-refractivity contribution < 1.29 is 9.42 Å². The molecule has 0 aliphatic carbocycles. The van der Waals surface area contributed by atoms with Gasteiger partial charge >= 0.3 is 0 Å². The fraction of sp³-hybridized carbons (Fsp3) is 0. The summed E-state index contributed by atoms with van der Waals surface area (Å²) in [6.45, 7) is 0. The van der Waals surface area contributed by atoms with Gasteiger partial charge in [-0.05, 0) is 10.3 Å². The number of hydrogen-bond donors (Lipinski definition) is 3. The van der Waals surface area contributed by atoms with Crippen molar-refractivity contribution in [3.05, 3.63) is 47.8 Å². The number of carbonyl (C=O) groups is 1. The standard InChI is InChI=1S/C13H11N7O2/c14-12-11(19-22-20-12)13(21)18-16-7-9-6-15-17-10(9)8-4-2-1-3-5-8/h1-7H,(H2,14,20)(H,15,17)(H,18,21)/b16-7+. The molecule has 0 saturated carbocycles. The number of rotatable bonds is 4. The van der Waals surface area contributed by atoms with Gasteiger partial charge in [0, 0.05) is 11.1 Å². The zero-order valence-electron chi connectivity index (χ0n) is 11.2. The van der Waals surface area contributed by atoms with Crippen LogP contribution in [0.3, 0.4) is 0 Å². The molecule has 3 rings (SSSR count). The van der Waals surface area contributed by atoms with Gasteiger partial charge in [0.05, 0.1) is 18.1 Å². The molecule has 3 aromatic rings. The predicted octanol–water partition coefficient (Wildman–Crippen LogP) is 0.806. The van der Waals surface area contributed by atoms with E-state index >= 15 is 0 Å². The first-order valence-electron chi connectivity index (χ1n) is 6.26. The molecule has 0 aliphatic heterocycles. The Bertz CT molecular complexity index is 807. The number of nitrogens with two attached hydrogens (primary N) is 1. The topological polar surface area (TPSA) is 135 Å². The molecule has 9 nitrogen and oxygen atoms in total. The van der Waals surface area contributed by atoms with Crippen LogP contribution >= 0.6 is 0 Å². The van der Waals surface area contributed by atoms with Crippen LogP contribution in [0, 0.1) is 0 Å². The second-order valence-electron chi connectivity index (χ2n) is 4.26. The molecular formula is C13H11N7O2. The number of hydrogen-bond acceptors (Lipinski definition) is 7. The molecule has 22 heavy (non-hydrogen) atoms. The molecule has 0 aliphatic rings. The van der Waals surface area contributed by atoms with Crippen molar-refractivity contribution in [1.29, 1.82) is 0 Å². The molecule has 0 spiro atoms. The Hall–Kier alpha value is -3.49. The van der Waals surface area contributed by atoms with Crippen molar-refractivity contribution in [2.75, 3.05) is 5.73 Å². The maximum absolute atomic E-state index is 11.7. The Labute approximate surface area is 124 Å². The van der Waals surface area contributed by atoms with Crippen LogP contribution in [-0.2, 0) is 0 Å². The van der Waals surface area contributed by atoms with Gasteiger partial charge in [-0.25, -0.2) is 10.1 Å². The first kappa shape index (κ1) is 13.5. The van der Waals surface area contributed by atoms with E-state index in [0.717, 1.165) is 16.8 Å². The van der Waals surface area contributed by atoms with Gasteiger partial charge < -0.3 is 5.73 Å². The number of carbonyl (C=O) groups excluding carboxylic acids is 1. The summed E-state index contributed by atoms with van der Waals surface area (Å²) < 4.78 is 4.34. The van der Waals surface area contributed by atoms with Crippen LogP contribution in [0.5, 0.6) is 0 Å². The number of benzene rings is 1. The normalized spacial score (nSPS) is 10.9. The Morgan fingerprint density at radius 2 is 2.14 bits per heavy atom. The molecular weight excluding hydrogens is 286 g/mol. The van der Waals surface area contributed by atoms with Crippen molar-refractivity contribution in [2.45, 2.75) is 0 Å². The van der Waals surface area contributed by atoms with Crippen LogP contribution in [0.4, 0.5) is 5.82 Å². The number of aromatic nitrogens is 4. The Kier molecular flexibility index (Phi) is 3.60. The molecule has 2 heterocycles. The summed E-state index contributed by atoms with van der Waals surface area (Å²) in [7, 11) is 0. The van der Waals surface area contributed by atoms with Crippen LogP contribution < -0.4 is 11.2 Å². The minimum atomic E-state index is -0.611. The highest BCUT2D eigenvalue weighted by molar-refractivity contribution is 5.97. The summed E-state index contributed by atoms with van der Waals surface area (Å²) in [5.41, 5.74) is 10.1. The summed E-state index contributed by atoms with van der Waals surface area (Å²) >= 11 is 0. The lowest BCUT2D eigenvalue weighted by Crippen LogP contribution is -2.19. The van der Waals surface area contributed by atoms with E-state index in [0.29, 0.717) is 0 Å². The number of nitrogen functional groups attached to an aromatic ring is 1. The third kappa shape index (κ3) is 2.68. The van der Waals surface area contributed by atoms with Gasteiger partial charge in [-0.3, -0.25) is 9.89 Å². The molecule has 0 unspecified atom stereocenters. The highest BCUT2D eigenvalue weighted by atomic mass is 16.6. The average molecular weight is 297 g/mol. The summed E-state index contributed by atoms with van der Waals surface area (Å²) in [4.78, 5) is 11.7. The highest BCUT2D eigenvalue weighted by Gasteiger charge is 2.15. The first-order chi connectivity index (χ1) is 10.8. The van der Waals surface area contributed by atoms with E-state index in [1.54, 1.807) is 6.20 Å². The monoisotopic (exact) mass is 297 g/mol. The SMILES string of the molecule is Nc1nonc1C(=O)N/N=C/c1cn[nH]c1-c1ccccc1. The zero-order valence-corrected chi connectivity index (χ0v) is 11.2. The Morgan fingerprint density at radius 3 is 2.86 bits per heavy atom. The van der Waals surface area contributed by atoms with E-state index in [2.05, 4.69) is 35.7 Å². The minimum Gasteiger partial charge on any atom is -0.379 e. The van der Waals surface area contributed by atoms with E-state index in [9.17, 15) is 4.79 Å². The van der Waals surface area contributed by atoms with E-state index in [-0.39, 0.29) is 11.5 Å². The van der Waals surface area contributed by atoms with Crippen LogP contribution in [0.15, 0.2) is 46.3 Å². The molecule has 110 valence electrons. The number of amides is 1. The number of nitrogens with one attached hydrogen (secondary N) is 2. The fourth-order valence-electron chi connectivity index (χ4n) is 1.80. The maximum atomic E-state index is 11.7. The van der Waals surface area contributed by atoms with Gasteiger partial charge in [0.2, 0.25) is 11.5 Å². The molecule has 0 saturated heterocycles. The molecule has 1 aromatic carbocycles. The predicted molar refractivity (Wildman–Crippen MR) is 77.8 cm³/mol. The third-order valence-corrected chi connectivity index (χ3v) is 2.83. The molecule has 0 atom stereocenters. The summed E-state index contributed by atoms with van der Waals surface area (Å²) in [6.07, 6.45) is 3.07. The van der Waals surface area contributed by atoms with E-state index in [1.165, 1.54) is 6.21 Å². The minimum absolute atomic E-state index is 0.0963. The van der Waals surface area contributed by atoms with Gasteiger partial charge in [0.1, 0.15) is 0 Å². The Morgan fingerprint density at radius 1 is 1.32 bits per heavy atom. The smallest absolute Gasteiger partial charge is 0.297 e. The highest BCUT2D eigenvalue weighted by Crippen LogP contribution is 2.18. The summed E-state index contributed by atoms with van der Waals surface area (Å²) in [5, 5.41) is 17.4. The van der Waals surface area contributed by atoms with E-state index in [1.807, 2.05) is 30.3 Å². The number of aromatic amines is 1. The van der Waals surface area contributed by atoms with Crippen LogP contribution in [-0.4, -0.2) is 32.6 Å². The Balaban J connectivity index is 1.73. The molecule has 2 aromatic heterocycles. The van der Waals surface area contributed by atoms with Gasteiger partial charge in [-0.15, -0.1) is 0 Å². The van der Waals surface area contributed by atoms with Crippen molar-refractivity contribution in [2.24, 2.45) is 5.10 Å². The van der Waals surface area contributed by atoms with Crippen molar-refractivity contribution >= 4 is 17.9 Å². The molecule has 0 radical (unpaired) electrons. The number of anilines is 1. The molecule has 4 N–H and O–H groups in total. The van der Waals surface area contributed by atoms with Gasteiger partial charge in [0.15, 0.2) is 0 Å². The number of nitrogens with zero attached hydrogens (tertiary/aromatic N) is 4. The van der Waals surface area contributed by atoms with Crippen LogP contribution in [0.25, 0.3) is 11.3 Å². The maximum Gasteiger partial charge on any atom is 0.297 e. The van der Waals surface area contributed by atoms with E-state index in [4.69, 9.17) is 5.73 Å². The van der Waals surface area contributed by atoms with Crippen LogP contribution in [0.2, 0.25) is 0 Å². The van der Waals surface area contributed by atoms with Crippen molar-refractivity contribution in [3.8, 4) is 11.3 Å². The van der Waals surface area contributed by atoms with Gasteiger partial charge in [-0.1, -0.05) is 30.3 Å². The zero-order chi connectivity index (χ0) is 15.4. The lowest BCUT2D eigenvalue weighted by molar-refractivity contribution is 0.0946. The largest absolute Gasteiger partial charge is 0.379 e. The fourth-order valence-corrected chi connectivity index (χ4v) is 1.80. The lowest BCUT2D eigenvalue weighted by atomic mass is 10.1. The quantitative estimate of drug-likeness (QED) is 0.481. The molecule has 0 fully saturated rings. The first-order valence-corrected chi connectivity index (χ1v) is 6.26. The summed E-state index contributed by atoms with van der Waals surface area (Å²) in [5.74, 6) is -0.708. The summed E-state index contributed by atoms with van der Waals surface area (Å²) in [6, 6.07) is 9.62. The van der Waals surface area contributed by atoms with Gasteiger partial charge in [-0.2, -0.15) is 10.2 Å². The van der Waals surface area contributed by atoms with E-state index < -0.39 is 5.91 Å².